The predicted molar refractivity (Wildman–Crippen MR) is 123 cm³/mol. The lowest BCUT2D eigenvalue weighted by Crippen LogP contribution is -2.56. The Bertz CT molecular complexity index is 998. The van der Waals surface area contributed by atoms with Gasteiger partial charge in [-0.25, -0.2) is 18.0 Å². The van der Waals surface area contributed by atoms with Crippen LogP contribution in [0.2, 0.25) is 0 Å². The Morgan fingerprint density at radius 2 is 1.74 bits per heavy atom. The molecule has 10 heteroatoms. The molecule has 0 aliphatic carbocycles. The highest BCUT2D eigenvalue weighted by Gasteiger charge is 2.55. The number of hydrogen-bond donors (Lipinski definition) is 1. The van der Waals surface area contributed by atoms with E-state index in [1.54, 1.807) is 0 Å². The van der Waals surface area contributed by atoms with Crippen LogP contribution in [0, 0.1) is 23.4 Å². The van der Waals surface area contributed by atoms with Crippen molar-refractivity contribution in [3.05, 3.63) is 35.1 Å². The molecule has 3 heterocycles. The lowest BCUT2D eigenvalue weighted by Gasteiger charge is -2.41. The van der Waals surface area contributed by atoms with Crippen LogP contribution in [0.1, 0.15) is 62.2 Å². The van der Waals surface area contributed by atoms with Crippen LogP contribution in [0.5, 0.6) is 0 Å². The SMILES string of the molecule is CCC[C@]1(C2CCN(C(=O)c3cc(F)c(F)cc3F)CC2)NC(=O)N(CC[C@@H]2CCCN2C)C1=O. The second-order valence-electron chi connectivity index (χ2n) is 9.99. The summed E-state index contributed by atoms with van der Waals surface area (Å²) in [5.74, 6) is -4.85. The third-order valence-corrected chi connectivity index (χ3v) is 7.92. The molecular weight excluding hydrogens is 461 g/mol. The van der Waals surface area contributed by atoms with Gasteiger partial charge < -0.3 is 15.1 Å². The topological polar surface area (TPSA) is 73.0 Å². The first-order valence-electron chi connectivity index (χ1n) is 12.5. The number of nitrogens with zero attached hydrogens (tertiary/aromatic N) is 3. The van der Waals surface area contributed by atoms with Crippen molar-refractivity contribution >= 4 is 17.8 Å². The number of piperidine rings is 1. The molecule has 35 heavy (non-hydrogen) atoms. The summed E-state index contributed by atoms with van der Waals surface area (Å²) in [5, 5.41) is 2.99. The molecular formula is C25H33F3N4O3. The Morgan fingerprint density at radius 3 is 2.37 bits per heavy atom. The summed E-state index contributed by atoms with van der Waals surface area (Å²) in [4.78, 5) is 44.2. The maximum atomic E-state index is 14.1. The molecule has 1 aromatic rings. The minimum absolute atomic E-state index is 0.183. The number of benzene rings is 1. The van der Waals surface area contributed by atoms with Crippen LogP contribution < -0.4 is 5.32 Å². The monoisotopic (exact) mass is 494 g/mol. The number of imide groups is 1. The third kappa shape index (κ3) is 4.77. The van der Waals surface area contributed by atoms with Gasteiger partial charge in [-0.3, -0.25) is 14.5 Å². The van der Waals surface area contributed by atoms with Crippen LogP contribution in [-0.2, 0) is 4.79 Å². The summed E-state index contributed by atoms with van der Waals surface area (Å²) in [6.45, 7) is 3.81. The molecule has 0 bridgehead atoms. The molecule has 192 valence electrons. The molecule has 4 amide bonds. The zero-order chi connectivity index (χ0) is 25.3. The highest BCUT2D eigenvalue weighted by Crippen LogP contribution is 2.38. The fourth-order valence-electron chi connectivity index (χ4n) is 5.95. The summed E-state index contributed by atoms with van der Waals surface area (Å²) in [6.07, 6.45) is 4.98. The summed E-state index contributed by atoms with van der Waals surface area (Å²) in [7, 11) is 2.06. The van der Waals surface area contributed by atoms with Gasteiger partial charge >= 0.3 is 6.03 Å². The van der Waals surface area contributed by atoms with Gasteiger partial charge in [0.1, 0.15) is 11.4 Å². The van der Waals surface area contributed by atoms with Crippen molar-refractivity contribution in [1.82, 2.24) is 20.0 Å². The summed E-state index contributed by atoms with van der Waals surface area (Å²) in [6, 6.07) is 0.947. The first kappa shape index (κ1) is 25.5. The van der Waals surface area contributed by atoms with Crippen molar-refractivity contribution < 1.29 is 27.6 Å². The van der Waals surface area contributed by atoms with Crippen LogP contribution in [0.3, 0.4) is 0 Å². The number of carbonyl (C=O) groups is 3. The minimum Gasteiger partial charge on any atom is -0.339 e. The molecule has 1 aromatic carbocycles. The number of rotatable bonds is 7. The zero-order valence-electron chi connectivity index (χ0n) is 20.3. The number of likely N-dealkylation sites (tertiary alicyclic amines) is 2. The summed E-state index contributed by atoms with van der Waals surface area (Å²) in [5.41, 5.74) is -1.53. The highest BCUT2D eigenvalue weighted by atomic mass is 19.2. The number of amides is 4. The van der Waals surface area contributed by atoms with Gasteiger partial charge in [0.15, 0.2) is 11.6 Å². The lowest BCUT2D eigenvalue weighted by molar-refractivity contribution is -0.134. The Balaban J connectivity index is 1.43. The minimum atomic E-state index is -1.35. The van der Waals surface area contributed by atoms with E-state index in [4.69, 9.17) is 0 Å². The Morgan fingerprint density at radius 1 is 1.06 bits per heavy atom. The zero-order valence-corrected chi connectivity index (χ0v) is 20.3. The van der Waals surface area contributed by atoms with E-state index in [2.05, 4.69) is 17.3 Å². The molecule has 0 spiro atoms. The van der Waals surface area contributed by atoms with Gasteiger partial charge in [0, 0.05) is 31.7 Å². The van der Waals surface area contributed by atoms with E-state index in [0.29, 0.717) is 50.4 Å². The Hall–Kier alpha value is -2.62. The van der Waals surface area contributed by atoms with Crippen molar-refractivity contribution in [2.24, 2.45) is 5.92 Å². The summed E-state index contributed by atoms with van der Waals surface area (Å²) < 4.78 is 41.0. The Kier molecular flexibility index (Phi) is 7.40. The third-order valence-electron chi connectivity index (χ3n) is 7.92. The van der Waals surface area contributed by atoms with Gasteiger partial charge in [-0.05, 0) is 64.1 Å². The van der Waals surface area contributed by atoms with Gasteiger partial charge in [-0.2, -0.15) is 0 Å². The van der Waals surface area contributed by atoms with Crippen LogP contribution in [-0.4, -0.2) is 77.4 Å². The van der Waals surface area contributed by atoms with E-state index in [1.165, 1.54) is 9.80 Å². The molecule has 7 nitrogen and oxygen atoms in total. The number of hydrogen-bond acceptors (Lipinski definition) is 4. The lowest BCUT2D eigenvalue weighted by atomic mass is 9.74. The standard InChI is InChI=1S/C25H33F3N4O3/c1-3-9-25(23(34)32(24(35)29-25)13-8-17-5-4-10-30(17)2)16-6-11-31(12-7-16)22(33)18-14-20(27)21(28)15-19(18)26/h14-17H,3-13H2,1-2H3,(H,29,35)/t17-,25+/m0/s1. The number of urea groups is 1. The van der Waals surface area contributed by atoms with Crippen molar-refractivity contribution in [2.45, 2.75) is 63.5 Å². The van der Waals surface area contributed by atoms with Crippen LogP contribution in [0.25, 0.3) is 0 Å². The van der Waals surface area contributed by atoms with E-state index in [0.717, 1.165) is 25.8 Å². The molecule has 2 atom stereocenters. The second kappa shape index (κ2) is 10.2. The van der Waals surface area contributed by atoms with Gasteiger partial charge in [0.05, 0.1) is 5.56 Å². The molecule has 3 aliphatic heterocycles. The summed E-state index contributed by atoms with van der Waals surface area (Å²) >= 11 is 0. The number of carbonyl (C=O) groups excluding carboxylic acids is 3. The smallest absolute Gasteiger partial charge is 0.325 e. The van der Waals surface area contributed by atoms with Crippen molar-refractivity contribution in [1.29, 1.82) is 0 Å². The molecule has 3 saturated heterocycles. The molecule has 3 aliphatic rings. The van der Waals surface area contributed by atoms with Crippen LogP contribution in [0.4, 0.5) is 18.0 Å². The second-order valence-corrected chi connectivity index (χ2v) is 9.99. The van der Waals surface area contributed by atoms with Gasteiger partial charge in [0.2, 0.25) is 0 Å². The van der Waals surface area contributed by atoms with Crippen molar-refractivity contribution in [2.75, 3.05) is 33.2 Å². The highest BCUT2D eigenvalue weighted by molar-refractivity contribution is 6.07. The molecule has 4 rings (SSSR count). The van der Waals surface area contributed by atoms with Crippen LogP contribution in [0.15, 0.2) is 12.1 Å². The fraction of sp³-hybridized carbons (Fsp3) is 0.640. The van der Waals surface area contributed by atoms with E-state index >= 15 is 0 Å². The van der Waals surface area contributed by atoms with E-state index in [1.807, 2.05) is 6.92 Å². The van der Waals surface area contributed by atoms with Crippen LogP contribution >= 0.6 is 0 Å². The predicted octanol–water partition coefficient (Wildman–Crippen LogP) is 3.53. The molecule has 0 unspecified atom stereocenters. The molecule has 0 radical (unpaired) electrons. The van der Waals surface area contributed by atoms with E-state index < -0.39 is 34.5 Å². The number of halogens is 3. The molecule has 0 saturated carbocycles. The Labute approximate surface area is 203 Å². The van der Waals surface area contributed by atoms with Crippen molar-refractivity contribution in [3.63, 3.8) is 0 Å². The average Bonchev–Trinajstić information content (AvgIpc) is 3.35. The maximum Gasteiger partial charge on any atom is 0.325 e. The molecule has 0 aromatic heterocycles. The fourth-order valence-corrected chi connectivity index (χ4v) is 5.95. The maximum absolute atomic E-state index is 14.1. The van der Waals surface area contributed by atoms with E-state index in [-0.39, 0.29) is 30.9 Å². The van der Waals surface area contributed by atoms with Gasteiger partial charge in [0.25, 0.3) is 11.8 Å². The van der Waals surface area contributed by atoms with Gasteiger partial charge in [-0.15, -0.1) is 0 Å². The molecule has 3 fully saturated rings. The number of nitrogens with one attached hydrogen (secondary N) is 1. The van der Waals surface area contributed by atoms with Crippen molar-refractivity contribution in [3.8, 4) is 0 Å². The quantitative estimate of drug-likeness (QED) is 0.465. The normalized spacial score (nSPS) is 26.0. The average molecular weight is 495 g/mol. The first-order valence-corrected chi connectivity index (χ1v) is 12.5. The molecule has 1 N–H and O–H groups in total. The van der Waals surface area contributed by atoms with E-state index in [9.17, 15) is 27.6 Å². The largest absolute Gasteiger partial charge is 0.339 e. The van der Waals surface area contributed by atoms with Gasteiger partial charge in [-0.1, -0.05) is 13.3 Å². The first-order chi connectivity index (χ1) is 16.7.